The molecule has 53 heavy (non-hydrogen) atoms. The molecule has 6 aliphatic rings. The number of rotatable bonds is 6. The zero-order chi connectivity index (χ0) is 37.2. The van der Waals surface area contributed by atoms with Gasteiger partial charge in [0.25, 0.3) is 5.91 Å². The summed E-state index contributed by atoms with van der Waals surface area (Å²) in [6.07, 6.45) is 21.5. The second-order valence-corrected chi connectivity index (χ2v) is 19.7. The highest BCUT2D eigenvalue weighted by Gasteiger charge is 2.70. The molecule has 0 N–H and O–H groups in total. The lowest BCUT2D eigenvalue weighted by molar-refractivity contribution is -0.249. The van der Waals surface area contributed by atoms with Gasteiger partial charge in [-0.2, -0.15) is 5.10 Å². The van der Waals surface area contributed by atoms with Crippen molar-refractivity contribution in [1.29, 1.82) is 0 Å². The Labute approximate surface area is 318 Å². The molecular formula is C48H62N2O3. The van der Waals surface area contributed by atoms with Crippen LogP contribution in [-0.4, -0.2) is 35.7 Å². The molecule has 0 saturated heterocycles. The number of carbonyl (C=O) groups is 2. The van der Waals surface area contributed by atoms with E-state index in [2.05, 4.69) is 47.8 Å². The predicted octanol–water partition coefficient (Wildman–Crippen LogP) is 10.9. The minimum atomic E-state index is -0.219. The SMILES string of the molecule is CC1(C)[C@@H](OC(=O)/C=C/c2ccccc2)CC[C@]2(C)[C@H]3CC[C@@H]4[C@H]5[C@H](C6C=NN(C(=O)/C=C/c7ccccc7)C6)CC[C@]5(C)CC[C@@]4(C)[C@]3(C)CC[C@@H]12. The number of hydrazone groups is 1. The van der Waals surface area contributed by atoms with E-state index in [1.807, 2.05) is 72.8 Å². The van der Waals surface area contributed by atoms with Gasteiger partial charge >= 0.3 is 5.97 Å². The van der Waals surface area contributed by atoms with E-state index >= 15 is 0 Å². The third kappa shape index (κ3) is 5.98. The van der Waals surface area contributed by atoms with E-state index in [-0.39, 0.29) is 39.6 Å². The summed E-state index contributed by atoms with van der Waals surface area (Å²) in [7, 11) is 0. The number of amides is 1. The van der Waals surface area contributed by atoms with Gasteiger partial charge in [0.1, 0.15) is 6.10 Å². The van der Waals surface area contributed by atoms with Gasteiger partial charge in [-0.05, 0) is 139 Å². The van der Waals surface area contributed by atoms with Gasteiger partial charge in [0.2, 0.25) is 0 Å². The number of carbonyl (C=O) groups excluding carboxylic acids is 2. The normalized spacial score (nSPS) is 41.5. The summed E-state index contributed by atoms with van der Waals surface area (Å²) in [6.45, 7) is 16.2. The lowest BCUT2D eigenvalue weighted by Gasteiger charge is -2.73. The van der Waals surface area contributed by atoms with Crippen LogP contribution in [0, 0.1) is 62.6 Å². The molecule has 5 aliphatic carbocycles. The summed E-state index contributed by atoms with van der Waals surface area (Å²) in [5, 5.41) is 6.44. The Bertz CT molecular complexity index is 1780. The number of nitrogens with zero attached hydrogens (tertiary/aromatic N) is 2. The van der Waals surface area contributed by atoms with Gasteiger partial charge in [-0.25, -0.2) is 9.80 Å². The average molecular weight is 715 g/mol. The van der Waals surface area contributed by atoms with Crippen molar-refractivity contribution in [2.75, 3.05) is 6.54 Å². The maximum atomic E-state index is 13.2. The molecule has 8 rings (SSSR count). The maximum Gasteiger partial charge on any atom is 0.331 e. The van der Waals surface area contributed by atoms with Gasteiger partial charge in [0.05, 0.1) is 6.54 Å². The molecule has 1 unspecified atom stereocenters. The highest BCUT2D eigenvalue weighted by atomic mass is 16.5. The second-order valence-electron chi connectivity index (χ2n) is 19.7. The van der Waals surface area contributed by atoms with Crippen molar-refractivity contribution in [3.63, 3.8) is 0 Å². The molecule has 0 spiro atoms. The molecule has 2 aromatic rings. The van der Waals surface area contributed by atoms with E-state index in [1.54, 1.807) is 17.2 Å². The van der Waals surface area contributed by atoms with Gasteiger partial charge < -0.3 is 4.74 Å². The molecule has 11 atom stereocenters. The molecule has 5 fully saturated rings. The standard InChI is InChI=1S/C48H62N2O3/c1-44(2)38-24-28-48(6)39(46(38,4)27-25-40(44)53-42(52)22-18-34-15-11-8-12-16-34)20-19-37-43-36(23-26-45(43,3)29-30-47(37,48)5)35-31-49-50(32-35)41(51)21-17-33-13-9-7-10-14-33/h7-18,21-22,31,35-40,43H,19-20,23-30,32H2,1-6H3/b21-17+,22-18+/t35?,36-,37+,38-,39+,40-,43+,45+,46-,47+,48+/m0/s1. The molecule has 1 amide bonds. The number of benzene rings is 2. The van der Waals surface area contributed by atoms with Gasteiger partial charge in [0.15, 0.2) is 0 Å². The van der Waals surface area contributed by atoms with Crippen LogP contribution in [0.1, 0.15) is 117 Å². The first-order chi connectivity index (χ1) is 25.3. The number of fused-ring (bicyclic) bond motifs is 7. The average Bonchev–Trinajstić information content (AvgIpc) is 3.77. The first-order valence-electron chi connectivity index (χ1n) is 20.8. The molecule has 0 aromatic heterocycles. The third-order valence-corrected chi connectivity index (χ3v) is 17.1. The highest BCUT2D eigenvalue weighted by molar-refractivity contribution is 5.93. The van der Waals surface area contributed by atoms with Crippen LogP contribution in [0.4, 0.5) is 0 Å². The monoisotopic (exact) mass is 714 g/mol. The van der Waals surface area contributed by atoms with Gasteiger partial charge in [-0.3, -0.25) is 4.79 Å². The van der Waals surface area contributed by atoms with Gasteiger partial charge in [0, 0.05) is 29.7 Å². The summed E-state index contributed by atoms with van der Waals surface area (Å²) in [5.41, 5.74) is 3.14. The van der Waals surface area contributed by atoms with E-state index in [4.69, 9.17) is 9.84 Å². The number of ether oxygens (including phenoxy) is 1. The van der Waals surface area contributed by atoms with E-state index in [9.17, 15) is 9.59 Å². The third-order valence-electron chi connectivity index (χ3n) is 17.1. The summed E-state index contributed by atoms with van der Waals surface area (Å²) in [5.74, 6) is 3.25. The fraction of sp³-hybridized carbons (Fsp3) is 0.604. The van der Waals surface area contributed by atoms with Gasteiger partial charge in [-0.15, -0.1) is 0 Å². The topological polar surface area (TPSA) is 59.0 Å². The van der Waals surface area contributed by atoms with Crippen LogP contribution in [0.2, 0.25) is 0 Å². The van der Waals surface area contributed by atoms with Crippen molar-refractivity contribution < 1.29 is 14.3 Å². The van der Waals surface area contributed by atoms with Crippen molar-refractivity contribution >= 4 is 30.2 Å². The molecule has 1 aliphatic heterocycles. The summed E-state index contributed by atoms with van der Waals surface area (Å²) < 4.78 is 6.30. The lowest BCUT2D eigenvalue weighted by Crippen LogP contribution is -2.66. The maximum absolute atomic E-state index is 13.2. The molecule has 0 bridgehead atoms. The molecule has 5 saturated carbocycles. The minimum Gasteiger partial charge on any atom is -0.459 e. The van der Waals surface area contributed by atoms with Crippen LogP contribution in [0.5, 0.6) is 0 Å². The Morgan fingerprint density at radius 3 is 2.09 bits per heavy atom. The van der Waals surface area contributed by atoms with Crippen molar-refractivity contribution in [2.24, 2.45) is 67.7 Å². The Balaban J connectivity index is 0.981. The number of hydrogen-bond donors (Lipinski definition) is 0. The summed E-state index contributed by atoms with van der Waals surface area (Å²) >= 11 is 0. The molecule has 282 valence electrons. The Hall–Kier alpha value is -3.47. The van der Waals surface area contributed by atoms with Crippen LogP contribution in [0.3, 0.4) is 0 Å². The lowest BCUT2D eigenvalue weighted by atomic mass is 9.32. The molecular weight excluding hydrogens is 653 g/mol. The Morgan fingerprint density at radius 2 is 1.40 bits per heavy atom. The van der Waals surface area contributed by atoms with Crippen LogP contribution in [-0.2, 0) is 14.3 Å². The van der Waals surface area contributed by atoms with Crippen LogP contribution >= 0.6 is 0 Å². The van der Waals surface area contributed by atoms with E-state index in [0.717, 1.165) is 24.0 Å². The van der Waals surface area contributed by atoms with E-state index in [0.29, 0.717) is 47.5 Å². The fourth-order valence-electron chi connectivity index (χ4n) is 14.2. The Kier molecular flexibility index (Phi) is 9.21. The van der Waals surface area contributed by atoms with Crippen molar-refractivity contribution in [1.82, 2.24) is 5.01 Å². The number of hydrogen-bond acceptors (Lipinski definition) is 4. The van der Waals surface area contributed by atoms with Crippen molar-refractivity contribution in [3.05, 3.63) is 83.9 Å². The molecule has 2 aromatic carbocycles. The fourth-order valence-corrected chi connectivity index (χ4v) is 14.2. The largest absolute Gasteiger partial charge is 0.459 e. The number of esters is 1. The van der Waals surface area contributed by atoms with Crippen LogP contribution in [0.15, 0.2) is 77.9 Å². The van der Waals surface area contributed by atoms with Gasteiger partial charge in [-0.1, -0.05) is 102 Å². The van der Waals surface area contributed by atoms with Crippen LogP contribution < -0.4 is 0 Å². The smallest absolute Gasteiger partial charge is 0.331 e. The van der Waals surface area contributed by atoms with Crippen molar-refractivity contribution in [3.8, 4) is 0 Å². The minimum absolute atomic E-state index is 0.0177. The van der Waals surface area contributed by atoms with Crippen LogP contribution in [0.25, 0.3) is 12.2 Å². The molecule has 0 radical (unpaired) electrons. The quantitative estimate of drug-likeness (QED) is 0.221. The van der Waals surface area contributed by atoms with Crippen molar-refractivity contribution in [2.45, 2.75) is 112 Å². The molecule has 5 heteroatoms. The predicted molar refractivity (Wildman–Crippen MR) is 214 cm³/mol. The second kappa shape index (κ2) is 13.4. The molecule has 1 heterocycles. The first-order valence-corrected chi connectivity index (χ1v) is 20.8. The van der Waals surface area contributed by atoms with E-state index in [1.165, 1.54) is 51.4 Å². The van der Waals surface area contributed by atoms with E-state index < -0.39 is 0 Å². The summed E-state index contributed by atoms with van der Waals surface area (Å²) in [4.78, 5) is 26.4. The zero-order valence-electron chi connectivity index (χ0n) is 33.1. The first kappa shape index (κ1) is 36.5. The Morgan fingerprint density at radius 1 is 0.717 bits per heavy atom. The molecule has 5 nitrogen and oxygen atoms in total. The summed E-state index contributed by atoms with van der Waals surface area (Å²) in [6, 6.07) is 20.1. The zero-order valence-corrected chi connectivity index (χ0v) is 33.1. The highest BCUT2D eigenvalue weighted by Crippen LogP contribution is 2.77.